The quantitative estimate of drug-likeness (QED) is 0.467. The van der Waals surface area contributed by atoms with E-state index in [4.69, 9.17) is 0 Å². The number of rotatable bonds is 3. The van der Waals surface area contributed by atoms with Gasteiger partial charge in [0.05, 0.1) is 4.70 Å². The number of hydrogen-bond acceptors (Lipinski definition) is 2. The van der Waals surface area contributed by atoms with Gasteiger partial charge in [0.1, 0.15) is 0 Å². The van der Waals surface area contributed by atoms with Crippen molar-refractivity contribution < 1.29 is 0 Å². The SMILES string of the molecule is Cc1sc2c(C)csc2c1-c1ccc(C(C)C)cc1C(C)C. The first-order valence-electron chi connectivity index (χ1n) is 8.01. The summed E-state index contributed by atoms with van der Waals surface area (Å²) < 4.78 is 2.94. The van der Waals surface area contributed by atoms with Crippen molar-refractivity contribution in [3.63, 3.8) is 0 Å². The zero-order valence-corrected chi connectivity index (χ0v) is 15.9. The Morgan fingerprint density at radius 2 is 1.64 bits per heavy atom. The molecule has 1 aromatic carbocycles. The number of thiophene rings is 2. The van der Waals surface area contributed by atoms with Gasteiger partial charge in [-0.1, -0.05) is 45.9 Å². The van der Waals surface area contributed by atoms with E-state index in [0.717, 1.165) is 0 Å². The van der Waals surface area contributed by atoms with Crippen LogP contribution < -0.4 is 0 Å². The van der Waals surface area contributed by atoms with E-state index in [9.17, 15) is 0 Å². The predicted octanol–water partition coefficient (Wildman–Crippen LogP) is 7.49. The largest absolute Gasteiger partial charge is 0.142 e. The van der Waals surface area contributed by atoms with Crippen molar-refractivity contribution in [3.05, 3.63) is 45.1 Å². The Morgan fingerprint density at radius 1 is 0.909 bits per heavy atom. The van der Waals surface area contributed by atoms with E-state index >= 15 is 0 Å². The summed E-state index contributed by atoms with van der Waals surface area (Å²) in [6.45, 7) is 13.7. The molecule has 2 aromatic heterocycles. The van der Waals surface area contributed by atoms with E-state index < -0.39 is 0 Å². The van der Waals surface area contributed by atoms with Gasteiger partial charge < -0.3 is 0 Å². The second-order valence-corrected chi connectivity index (χ2v) is 8.87. The van der Waals surface area contributed by atoms with Crippen molar-refractivity contribution in [3.8, 4) is 11.1 Å². The molecule has 0 aliphatic heterocycles. The molecule has 0 radical (unpaired) electrons. The number of aryl methyl sites for hydroxylation is 2. The van der Waals surface area contributed by atoms with Gasteiger partial charge in [-0.2, -0.15) is 0 Å². The highest BCUT2D eigenvalue weighted by Crippen LogP contribution is 2.45. The molecule has 3 aromatic rings. The minimum absolute atomic E-state index is 0.545. The summed E-state index contributed by atoms with van der Waals surface area (Å²) in [5.74, 6) is 1.13. The highest BCUT2D eigenvalue weighted by Gasteiger charge is 2.19. The summed E-state index contributed by atoms with van der Waals surface area (Å²) in [6, 6.07) is 7.09. The Labute approximate surface area is 141 Å². The lowest BCUT2D eigenvalue weighted by Gasteiger charge is -2.16. The molecule has 0 fully saturated rings. The normalized spacial score (nSPS) is 12.0. The van der Waals surface area contributed by atoms with Crippen molar-refractivity contribution in [2.75, 3.05) is 0 Å². The van der Waals surface area contributed by atoms with Gasteiger partial charge in [0.15, 0.2) is 0 Å². The van der Waals surface area contributed by atoms with Gasteiger partial charge in [-0.3, -0.25) is 0 Å². The van der Waals surface area contributed by atoms with Gasteiger partial charge in [0.25, 0.3) is 0 Å². The van der Waals surface area contributed by atoms with Crippen LogP contribution in [0.3, 0.4) is 0 Å². The first kappa shape index (κ1) is 15.8. The maximum absolute atomic E-state index is 2.42. The van der Waals surface area contributed by atoms with Crippen LogP contribution in [0.5, 0.6) is 0 Å². The van der Waals surface area contributed by atoms with Crippen LogP contribution in [-0.4, -0.2) is 0 Å². The fraction of sp³-hybridized carbons (Fsp3) is 0.400. The van der Waals surface area contributed by atoms with Crippen LogP contribution in [0.25, 0.3) is 20.5 Å². The fourth-order valence-corrected chi connectivity index (χ4v) is 5.56. The molecule has 0 unspecified atom stereocenters. The maximum Gasteiger partial charge on any atom is 0.0534 e. The third kappa shape index (κ3) is 2.53. The molecule has 0 saturated heterocycles. The molecule has 2 heterocycles. The average molecular weight is 329 g/mol. The molecule has 0 bridgehead atoms. The predicted molar refractivity (Wildman–Crippen MR) is 103 cm³/mol. The average Bonchev–Trinajstić information content (AvgIpc) is 2.97. The van der Waals surface area contributed by atoms with Crippen molar-refractivity contribution in [1.29, 1.82) is 0 Å². The fourth-order valence-electron chi connectivity index (χ4n) is 3.05. The Hall–Kier alpha value is -1.12. The molecule has 3 rings (SSSR count). The van der Waals surface area contributed by atoms with Gasteiger partial charge in [-0.15, -0.1) is 22.7 Å². The van der Waals surface area contributed by atoms with Crippen LogP contribution in [0.15, 0.2) is 23.6 Å². The molecule has 0 aliphatic carbocycles. The van der Waals surface area contributed by atoms with Crippen LogP contribution in [0.2, 0.25) is 0 Å². The molecule has 0 atom stereocenters. The van der Waals surface area contributed by atoms with Crippen LogP contribution >= 0.6 is 22.7 Å². The third-order valence-corrected chi connectivity index (χ3v) is 6.87. The molecular formula is C20H24S2. The van der Waals surface area contributed by atoms with Crippen LogP contribution in [-0.2, 0) is 0 Å². The second kappa shape index (κ2) is 5.82. The van der Waals surface area contributed by atoms with Gasteiger partial charge in [-0.05, 0) is 53.3 Å². The van der Waals surface area contributed by atoms with E-state index in [-0.39, 0.29) is 0 Å². The van der Waals surface area contributed by atoms with Crippen LogP contribution in [0.4, 0.5) is 0 Å². The number of fused-ring (bicyclic) bond motifs is 1. The van der Waals surface area contributed by atoms with Crippen LogP contribution in [0, 0.1) is 13.8 Å². The summed E-state index contributed by atoms with van der Waals surface area (Å²) in [5.41, 5.74) is 7.25. The maximum atomic E-state index is 2.42. The topological polar surface area (TPSA) is 0 Å². The molecule has 116 valence electrons. The zero-order valence-electron chi connectivity index (χ0n) is 14.3. The highest BCUT2D eigenvalue weighted by molar-refractivity contribution is 7.28. The molecule has 22 heavy (non-hydrogen) atoms. The lowest BCUT2D eigenvalue weighted by molar-refractivity contribution is 0.835. The summed E-state index contributed by atoms with van der Waals surface area (Å²) in [5, 5.41) is 2.29. The van der Waals surface area contributed by atoms with Crippen molar-refractivity contribution in [2.45, 2.75) is 53.4 Å². The molecule has 0 saturated carbocycles. The molecule has 0 amide bonds. The van der Waals surface area contributed by atoms with Crippen molar-refractivity contribution >= 4 is 32.1 Å². The van der Waals surface area contributed by atoms with Gasteiger partial charge in [0, 0.05) is 15.1 Å². The van der Waals surface area contributed by atoms with E-state index in [1.54, 1.807) is 0 Å². The summed E-state index contributed by atoms with van der Waals surface area (Å²) in [7, 11) is 0. The smallest absolute Gasteiger partial charge is 0.0534 e. The summed E-state index contributed by atoms with van der Waals surface area (Å²) in [4.78, 5) is 1.45. The van der Waals surface area contributed by atoms with E-state index in [1.807, 2.05) is 22.7 Å². The van der Waals surface area contributed by atoms with E-state index in [2.05, 4.69) is 65.1 Å². The molecule has 2 heteroatoms. The van der Waals surface area contributed by atoms with E-state index in [1.165, 1.54) is 42.1 Å². The second-order valence-electron chi connectivity index (χ2n) is 6.77. The first-order chi connectivity index (χ1) is 10.4. The minimum atomic E-state index is 0.545. The van der Waals surface area contributed by atoms with Crippen molar-refractivity contribution in [2.24, 2.45) is 0 Å². The van der Waals surface area contributed by atoms with Crippen LogP contribution in [0.1, 0.15) is 61.1 Å². The van der Waals surface area contributed by atoms with Gasteiger partial charge >= 0.3 is 0 Å². The Morgan fingerprint density at radius 3 is 2.27 bits per heavy atom. The standard InChI is InChI=1S/C20H24S2/c1-11(2)15-7-8-16(17(9-15)12(3)4)18-14(6)22-19-13(5)10-21-20(18)19/h7-12H,1-6H3. The Bertz CT molecular complexity index is 816. The summed E-state index contributed by atoms with van der Waals surface area (Å²) in [6.07, 6.45) is 0. The molecular weight excluding hydrogens is 304 g/mol. The lowest BCUT2D eigenvalue weighted by atomic mass is 9.88. The molecule has 0 N–H and O–H groups in total. The Balaban J connectivity index is 2.28. The van der Waals surface area contributed by atoms with Crippen molar-refractivity contribution in [1.82, 2.24) is 0 Å². The van der Waals surface area contributed by atoms with Gasteiger partial charge in [0.2, 0.25) is 0 Å². The number of benzene rings is 1. The molecule has 0 spiro atoms. The Kier molecular flexibility index (Phi) is 4.17. The number of hydrogen-bond donors (Lipinski definition) is 0. The van der Waals surface area contributed by atoms with Gasteiger partial charge in [-0.25, -0.2) is 0 Å². The monoisotopic (exact) mass is 328 g/mol. The minimum Gasteiger partial charge on any atom is -0.142 e. The van der Waals surface area contributed by atoms with E-state index in [0.29, 0.717) is 11.8 Å². The lowest BCUT2D eigenvalue weighted by Crippen LogP contribution is -1.96. The molecule has 0 aliphatic rings. The highest BCUT2D eigenvalue weighted by atomic mass is 32.1. The first-order valence-corrected chi connectivity index (χ1v) is 9.71. The summed E-state index contributed by atoms with van der Waals surface area (Å²) >= 11 is 3.85. The third-order valence-electron chi connectivity index (χ3n) is 4.39. The zero-order chi connectivity index (χ0) is 16.0. The molecule has 0 nitrogen and oxygen atoms in total.